The van der Waals surface area contributed by atoms with Crippen molar-refractivity contribution in [2.45, 2.75) is 32.1 Å². The number of benzene rings is 2. The molecule has 2 heterocycles. The van der Waals surface area contributed by atoms with Gasteiger partial charge in [0.25, 0.3) is 0 Å². The quantitative estimate of drug-likeness (QED) is 0.551. The van der Waals surface area contributed by atoms with Crippen molar-refractivity contribution in [2.75, 3.05) is 38.7 Å². The van der Waals surface area contributed by atoms with Gasteiger partial charge in [-0.05, 0) is 76.2 Å². The number of nitrogens with zero attached hydrogens (tertiary/aromatic N) is 3. The Morgan fingerprint density at radius 1 is 0.933 bits per heavy atom. The summed E-state index contributed by atoms with van der Waals surface area (Å²) in [5.74, 6) is 2.20. The molecule has 2 aromatic carbocycles. The zero-order valence-electron chi connectivity index (χ0n) is 18.0. The largest absolute Gasteiger partial charge is 0.494 e. The summed E-state index contributed by atoms with van der Waals surface area (Å²) in [6, 6.07) is 18.3. The monoisotopic (exact) mass is 408 g/mol. The summed E-state index contributed by atoms with van der Waals surface area (Å²) in [7, 11) is 3.75. The van der Waals surface area contributed by atoms with E-state index in [1.165, 1.54) is 18.5 Å². The van der Waals surface area contributed by atoms with Crippen molar-refractivity contribution in [3.05, 3.63) is 60.5 Å². The van der Waals surface area contributed by atoms with E-state index < -0.39 is 0 Å². The normalized spacial score (nSPS) is 13.1. The minimum Gasteiger partial charge on any atom is -0.494 e. The van der Waals surface area contributed by atoms with Crippen molar-refractivity contribution in [1.29, 1.82) is 0 Å². The molecule has 0 spiro atoms. The van der Waals surface area contributed by atoms with E-state index in [1.54, 1.807) is 0 Å². The third-order valence-electron chi connectivity index (χ3n) is 4.85. The molecular formula is C24H32N4O2. The third kappa shape index (κ3) is 6.59. The number of aryl methyl sites for hydroxylation is 1. The number of anilines is 1. The van der Waals surface area contributed by atoms with Gasteiger partial charge in [-0.1, -0.05) is 18.2 Å². The van der Waals surface area contributed by atoms with Gasteiger partial charge >= 0.3 is 0 Å². The SMILES string of the molecule is CNC.c1ccc(OCCCCc2nnc(-c3ccc(N4CCCC4)cc3)o2)cc1. The highest BCUT2D eigenvalue weighted by Crippen LogP contribution is 2.25. The minimum absolute atomic E-state index is 0.596. The van der Waals surface area contributed by atoms with E-state index in [0.717, 1.165) is 43.7 Å². The lowest BCUT2D eigenvalue weighted by Gasteiger charge is -2.17. The number of ether oxygens (including phenoxy) is 1. The smallest absolute Gasteiger partial charge is 0.247 e. The Bertz CT molecular complexity index is 843. The molecular weight excluding hydrogens is 376 g/mol. The Morgan fingerprint density at radius 2 is 1.63 bits per heavy atom. The molecule has 0 bridgehead atoms. The van der Waals surface area contributed by atoms with Crippen molar-refractivity contribution in [3.63, 3.8) is 0 Å². The second kappa shape index (κ2) is 12.0. The van der Waals surface area contributed by atoms with Crippen LogP contribution >= 0.6 is 0 Å². The second-order valence-corrected chi connectivity index (χ2v) is 7.36. The highest BCUT2D eigenvalue weighted by atomic mass is 16.5. The van der Waals surface area contributed by atoms with Gasteiger partial charge in [-0.2, -0.15) is 0 Å². The summed E-state index contributed by atoms with van der Waals surface area (Å²) in [6.07, 6.45) is 5.26. The van der Waals surface area contributed by atoms with E-state index in [4.69, 9.17) is 9.15 Å². The zero-order valence-corrected chi connectivity index (χ0v) is 18.0. The number of nitrogens with one attached hydrogen (secondary N) is 1. The molecule has 1 fully saturated rings. The van der Waals surface area contributed by atoms with Crippen LogP contribution in [-0.4, -0.2) is 44.0 Å². The van der Waals surface area contributed by atoms with E-state index in [9.17, 15) is 0 Å². The molecule has 0 radical (unpaired) electrons. The molecule has 1 aliphatic rings. The molecule has 1 aromatic heterocycles. The molecule has 1 N–H and O–H groups in total. The first-order valence-corrected chi connectivity index (χ1v) is 10.7. The van der Waals surface area contributed by atoms with Crippen LogP contribution in [0, 0.1) is 0 Å². The first-order valence-electron chi connectivity index (χ1n) is 10.7. The predicted molar refractivity (Wildman–Crippen MR) is 121 cm³/mol. The number of unbranched alkanes of at least 4 members (excludes halogenated alkanes) is 1. The zero-order chi connectivity index (χ0) is 21.0. The van der Waals surface area contributed by atoms with Gasteiger partial charge in [0, 0.05) is 30.8 Å². The first-order chi connectivity index (χ1) is 14.8. The summed E-state index contributed by atoms with van der Waals surface area (Å²) in [6.45, 7) is 3.00. The molecule has 30 heavy (non-hydrogen) atoms. The minimum atomic E-state index is 0.596. The van der Waals surface area contributed by atoms with E-state index in [-0.39, 0.29) is 0 Å². The van der Waals surface area contributed by atoms with Gasteiger partial charge in [-0.15, -0.1) is 10.2 Å². The van der Waals surface area contributed by atoms with Gasteiger partial charge in [0.2, 0.25) is 11.8 Å². The fraction of sp³-hybridized carbons (Fsp3) is 0.417. The Hall–Kier alpha value is -2.86. The predicted octanol–water partition coefficient (Wildman–Crippen LogP) is 4.57. The lowest BCUT2D eigenvalue weighted by atomic mass is 10.2. The number of aromatic nitrogens is 2. The average Bonchev–Trinajstić information content (AvgIpc) is 3.48. The van der Waals surface area contributed by atoms with Crippen molar-refractivity contribution < 1.29 is 9.15 Å². The molecule has 1 saturated heterocycles. The van der Waals surface area contributed by atoms with E-state index in [0.29, 0.717) is 18.4 Å². The van der Waals surface area contributed by atoms with Crippen molar-refractivity contribution in [2.24, 2.45) is 0 Å². The maximum Gasteiger partial charge on any atom is 0.247 e. The standard InChI is InChI=1S/C22H25N3O2.C2H7N/c1-2-8-20(9-3-1)26-17-7-4-10-21-23-24-22(27-21)18-11-13-19(14-12-18)25-15-5-6-16-25;1-3-2/h1-3,8-9,11-14H,4-7,10,15-17H2;3H,1-2H3. The average molecular weight is 409 g/mol. The first kappa shape index (κ1) is 21.8. The molecule has 160 valence electrons. The fourth-order valence-electron chi connectivity index (χ4n) is 3.35. The van der Waals surface area contributed by atoms with E-state index >= 15 is 0 Å². The fourth-order valence-corrected chi connectivity index (χ4v) is 3.35. The second-order valence-electron chi connectivity index (χ2n) is 7.36. The summed E-state index contributed by atoms with van der Waals surface area (Å²) in [5.41, 5.74) is 2.25. The summed E-state index contributed by atoms with van der Waals surface area (Å²) in [4.78, 5) is 2.42. The Labute approximate surface area is 179 Å². The summed E-state index contributed by atoms with van der Waals surface area (Å²) >= 11 is 0. The molecule has 1 aliphatic heterocycles. The van der Waals surface area contributed by atoms with Gasteiger partial charge in [0.05, 0.1) is 6.61 Å². The Balaban J connectivity index is 0.000000806. The molecule has 3 aromatic rings. The van der Waals surface area contributed by atoms with Crippen LogP contribution in [0.3, 0.4) is 0 Å². The Morgan fingerprint density at radius 3 is 2.33 bits per heavy atom. The van der Waals surface area contributed by atoms with Crippen LogP contribution in [0.15, 0.2) is 59.0 Å². The van der Waals surface area contributed by atoms with Gasteiger partial charge in [-0.25, -0.2) is 0 Å². The molecule has 0 saturated carbocycles. The van der Waals surface area contributed by atoms with E-state index in [2.05, 4.69) is 44.7 Å². The van der Waals surface area contributed by atoms with Crippen LogP contribution in [0.5, 0.6) is 5.75 Å². The molecule has 0 aliphatic carbocycles. The van der Waals surface area contributed by atoms with Crippen molar-refractivity contribution in [3.8, 4) is 17.2 Å². The molecule has 4 rings (SSSR count). The molecule has 0 amide bonds. The lowest BCUT2D eigenvalue weighted by Crippen LogP contribution is -2.17. The van der Waals surface area contributed by atoms with Crippen LogP contribution < -0.4 is 15.0 Å². The third-order valence-corrected chi connectivity index (χ3v) is 4.85. The van der Waals surface area contributed by atoms with Crippen molar-refractivity contribution >= 4 is 5.69 Å². The molecule has 0 atom stereocenters. The topological polar surface area (TPSA) is 63.4 Å². The maximum absolute atomic E-state index is 5.82. The van der Waals surface area contributed by atoms with Crippen LogP contribution in [0.2, 0.25) is 0 Å². The Kier molecular flexibility index (Phi) is 8.72. The highest BCUT2D eigenvalue weighted by molar-refractivity contribution is 5.59. The molecule has 6 heteroatoms. The lowest BCUT2D eigenvalue weighted by molar-refractivity contribution is 0.304. The van der Waals surface area contributed by atoms with E-state index in [1.807, 2.05) is 44.4 Å². The van der Waals surface area contributed by atoms with Gasteiger partial charge in [-0.3, -0.25) is 0 Å². The van der Waals surface area contributed by atoms with Gasteiger partial charge in [0.15, 0.2) is 0 Å². The maximum atomic E-state index is 5.82. The number of rotatable bonds is 8. The van der Waals surface area contributed by atoms with Gasteiger partial charge in [0.1, 0.15) is 5.75 Å². The number of hydrogen-bond donors (Lipinski definition) is 1. The van der Waals surface area contributed by atoms with Crippen molar-refractivity contribution in [1.82, 2.24) is 15.5 Å². The number of para-hydroxylation sites is 1. The van der Waals surface area contributed by atoms with Crippen LogP contribution in [0.25, 0.3) is 11.5 Å². The van der Waals surface area contributed by atoms with Crippen LogP contribution in [0.1, 0.15) is 31.6 Å². The van der Waals surface area contributed by atoms with Crippen LogP contribution in [-0.2, 0) is 6.42 Å². The van der Waals surface area contributed by atoms with Crippen LogP contribution in [0.4, 0.5) is 5.69 Å². The number of hydrogen-bond acceptors (Lipinski definition) is 6. The molecule has 6 nitrogen and oxygen atoms in total. The molecule has 0 unspecified atom stereocenters. The van der Waals surface area contributed by atoms with Gasteiger partial charge < -0.3 is 19.4 Å². The summed E-state index contributed by atoms with van der Waals surface area (Å²) < 4.78 is 11.5. The highest BCUT2D eigenvalue weighted by Gasteiger charge is 2.13. The summed E-state index contributed by atoms with van der Waals surface area (Å²) in [5, 5.41) is 11.1.